The summed E-state index contributed by atoms with van der Waals surface area (Å²) >= 11 is 3.33. The van der Waals surface area contributed by atoms with E-state index in [1.807, 2.05) is 4.57 Å². The van der Waals surface area contributed by atoms with Gasteiger partial charge < -0.3 is 14.6 Å². The van der Waals surface area contributed by atoms with Gasteiger partial charge in [0.2, 0.25) is 0 Å². The number of ketones is 1. The van der Waals surface area contributed by atoms with Crippen LogP contribution >= 0.6 is 15.9 Å². The molecule has 168 valence electrons. The fourth-order valence-corrected chi connectivity index (χ4v) is 4.14. The molecule has 1 atom stereocenters. The lowest BCUT2D eigenvalue weighted by atomic mass is 9.95. The van der Waals surface area contributed by atoms with Gasteiger partial charge in [-0.1, -0.05) is 40.2 Å². The van der Waals surface area contributed by atoms with Gasteiger partial charge in [-0.3, -0.25) is 19.7 Å². The van der Waals surface area contributed by atoms with E-state index in [1.54, 1.807) is 49.1 Å². The number of benzene rings is 2. The average molecular weight is 511 g/mol. The molecule has 1 saturated heterocycles. The molecule has 0 bridgehead atoms. The SMILES string of the molecule is O=C1C(=O)N(CCCn2ccnc2)C(c2cccc([N+](=O)[O-])c2)/C1=C(\O)c1ccc(Br)cc1. The number of aryl methyl sites for hydroxylation is 1. The van der Waals surface area contributed by atoms with Crippen molar-refractivity contribution in [3.8, 4) is 0 Å². The number of hydrogen-bond acceptors (Lipinski definition) is 6. The molecule has 0 radical (unpaired) electrons. The van der Waals surface area contributed by atoms with Crippen molar-refractivity contribution < 1.29 is 19.6 Å². The van der Waals surface area contributed by atoms with Crippen LogP contribution in [-0.4, -0.2) is 42.7 Å². The number of hydrogen-bond donors (Lipinski definition) is 1. The van der Waals surface area contributed by atoms with Crippen molar-refractivity contribution >= 4 is 39.1 Å². The number of halogens is 1. The molecule has 1 aliphatic rings. The summed E-state index contributed by atoms with van der Waals surface area (Å²) in [5.74, 6) is -1.90. The van der Waals surface area contributed by atoms with Crippen LogP contribution in [0.2, 0.25) is 0 Å². The number of aliphatic hydroxyl groups excluding tert-OH is 1. The summed E-state index contributed by atoms with van der Waals surface area (Å²) in [5.41, 5.74) is 0.486. The minimum atomic E-state index is -0.948. The fraction of sp³-hybridized carbons (Fsp3) is 0.174. The molecule has 1 amide bonds. The van der Waals surface area contributed by atoms with Gasteiger partial charge in [0.25, 0.3) is 17.4 Å². The van der Waals surface area contributed by atoms with Crippen LogP contribution in [0.5, 0.6) is 0 Å². The van der Waals surface area contributed by atoms with E-state index in [-0.39, 0.29) is 23.6 Å². The maximum Gasteiger partial charge on any atom is 0.295 e. The predicted molar refractivity (Wildman–Crippen MR) is 123 cm³/mol. The first-order valence-corrected chi connectivity index (χ1v) is 10.9. The first kappa shape index (κ1) is 22.4. The van der Waals surface area contributed by atoms with Crippen molar-refractivity contribution in [2.75, 3.05) is 6.54 Å². The zero-order valence-electron chi connectivity index (χ0n) is 17.3. The number of carbonyl (C=O) groups is 2. The Morgan fingerprint density at radius 2 is 1.91 bits per heavy atom. The highest BCUT2D eigenvalue weighted by Gasteiger charge is 2.46. The Labute approximate surface area is 197 Å². The van der Waals surface area contributed by atoms with E-state index in [2.05, 4.69) is 20.9 Å². The Hall–Kier alpha value is -3.79. The zero-order valence-corrected chi connectivity index (χ0v) is 18.9. The number of carbonyl (C=O) groups excluding carboxylic acids is 2. The maximum atomic E-state index is 13.0. The van der Waals surface area contributed by atoms with Gasteiger partial charge in [0.05, 0.1) is 22.9 Å². The number of nitro benzene ring substituents is 1. The number of Topliss-reactive ketones (excluding diaryl/α,β-unsaturated/α-hetero) is 1. The number of non-ortho nitro benzene ring substituents is 1. The van der Waals surface area contributed by atoms with Gasteiger partial charge >= 0.3 is 0 Å². The molecule has 3 aromatic rings. The van der Waals surface area contributed by atoms with E-state index in [1.165, 1.54) is 23.1 Å². The Morgan fingerprint density at radius 1 is 1.15 bits per heavy atom. The maximum absolute atomic E-state index is 13.0. The fourth-order valence-electron chi connectivity index (χ4n) is 3.87. The van der Waals surface area contributed by atoms with Crippen molar-refractivity contribution in [3.63, 3.8) is 0 Å². The van der Waals surface area contributed by atoms with Crippen LogP contribution < -0.4 is 0 Å². The third-order valence-electron chi connectivity index (χ3n) is 5.43. The normalized spacial score (nSPS) is 17.5. The largest absolute Gasteiger partial charge is 0.507 e. The number of likely N-dealkylation sites (tertiary alicyclic amines) is 1. The van der Waals surface area contributed by atoms with Gasteiger partial charge in [-0.25, -0.2) is 4.98 Å². The van der Waals surface area contributed by atoms with Crippen LogP contribution in [0, 0.1) is 10.1 Å². The number of imidazole rings is 1. The van der Waals surface area contributed by atoms with E-state index in [9.17, 15) is 24.8 Å². The molecule has 1 aliphatic heterocycles. The van der Waals surface area contributed by atoms with Crippen LogP contribution in [0.4, 0.5) is 5.69 Å². The third kappa shape index (κ3) is 4.56. The number of nitro groups is 1. The minimum absolute atomic E-state index is 0.0922. The molecule has 2 heterocycles. The second-order valence-corrected chi connectivity index (χ2v) is 8.42. The van der Waals surface area contributed by atoms with Crippen molar-refractivity contribution in [1.29, 1.82) is 0 Å². The highest BCUT2D eigenvalue weighted by atomic mass is 79.9. The minimum Gasteiger partial charge on any atom is -0.507 e. The monoisotopic (exact) mass is 510 g/mol. The topological polar surface area (TPSA) is 119 Å². The van der Waals surface area contributed by atoms with Crippen molar-refractivity contribution in [2.45, 2.75) is 19.0 Å². The summed E-state index contributed by atoms with van der Waals surface area (Å²) in [6.07, 6.45) is 5.61. The summed E-state index contributed by atoms with van der Waals surface area (Å²) in [7, 11) is 0. The van der Waals surface area contributed by atoms with Crippen molar-refractivity contribution in [2.24, 2.45) is 0 Å². The van der Waals surface area contributed by atoms with Crippen LogP contribution in [0.15, 0.2) is 77.3 Å². The Balaban J connectivity index is 1.76. The molecule has 33 heavy (non-hydrogen) atoms. The molecule has 0 spiro atoms. The van der Waals surface area contributed by atoms with Gasteiger partial charge in [0.1, 0.15) is 5.76 Å². The molecule has 0 saturated carbocycles. The molecule has 1 fully saturated rings. The molecule has 4 rings (SSSR count). The highest BCUT2D eigenvalue weighted by Crippen LogP contribution is 2.40. The molecular formula is C23H19BrN4O5. The molecule has 1 unspecified atom stereocenters. The number of aliphatic hydroxyl groups is 1. The summed E-state index contributed by atoms with van der Waals surface area (Å²) < 4.78 is 2.63. The Kier molecular flexibility index (Phi) is 6.36. The lowest BCUT2D eigenvalue weighted by Gasteiger charge is -2.25. The second-order valence-electron chi connectivity index (χ2n) is 7.51. The third-order valence-corrected chi connectivity index (χ3v) is 5.96. The van der Waals surface area contributed by atoms with Gasteiger partial charge in [-0.05, 0) is 24.1 Å². The summed E-state index contributed by atoms with van der Waals surface area (Å²) in [4.78, 5) is 42.1. The Bertz CT molecular complexity index is 1240. The van der Waals surface area contributed by atoms with Gasteiger partial charge in [-0.15, -0.1) is 0 Å². The number of rotatable bonds is 7. The molecule has 0 aliphatic carbocycles. The van der Waals surface area contributed by atoms with Gasteiger partial charge in [0.15, 0.2) is 0 Å². The lowest BCUT2D eigenvalue weighted by molar-refractivity contribution is -0.384. The van der Waals surface area contributed by atoms with Crippen LogP contribution in [0.25, 0.3) is 5.76 Å². The van der Waals surface area contributed by atoms with Crippen molar-refractivity contribution in [3.05, 3.63) is 98.5 Å². The summed E-state index contributed by atoms with van der Waals surface area (Å²) in [5, 5.41) is 22.4. The molecule has 10 heteroatoms. The van der Waals surface area contributed by atoms with E-state index >= 15 is 0 Å². The predicted octanol–water partition coefficient (Wildman–Crippen LogP) is 4.07. The quantitative estimate of drug-likeness (QED) is 0.168. The summed E-state index contributed by atoms with van der Waals surface area (Å²) in [6, 6.07) is 11.5. The molecular weight excluding hydrogens is 492 g/mol. The van der Waals surface area contributed by atoms with Gasteiger partial charge in [0, 0.05) is 47.7 Å². The number of amides is 1. The van der Waals surface area contributed by atoms with Crippen molar-refractivity contribution in [1.82, 2.24) is 14.5 Å². The van der Waals surface area contributed by atoms with E-state index < -0.39 is 22.7 Å². The molecule has 2 aromatic carbocycles. The first-order valence-electron chi connectivity index (χ1n) is 10.1. The highest BCUT2D eigenvalue weighted by molar-refractivity contribution is 9.10. The smallest absolute Gasteiger partial charge is 0.295 e. The van der Waals surface area contributed by atoms with E-state index in [4.69, 9.17) is 0 Å². The van der Waals surface area contributed by atoms with Crippen LogP contribution in [-0.2, 0) is 16.1 Å². The van der Waals surface area contributed by atoms with Crippen LogP contribution in [0.3, 0.4) is 0 Å². The first-order chi connectivity index (χ1) is 15.9. The van der Waals surface area contributed by atoms with Gasteiger partial charge in [-0.2, -0.15) is 0 Å². The Morgan fingerprint density at radius 3 is 2.58 bits per heavy atom. The second kappa shape index (κ2) is 9.37. The van der Waals surface area contributed by atoms with Crippen LogP contribution in [0.1, 0.15) is 23.6 Å². The van der Waals surface area contributed by atoms with E-state index in [0.717, 1.165) is 4.47 Å². The molecule has 1 aromatic heterocycles. The zero-order chi connectivity index (χ0) is 23.5. The van der Waals surface area contributed by atoms with E-state index in [0.29, 0.717) is 24.1 Å². The molecule has 1 N–H and O–H groups in total. The lowest BCUT2D eigenvalue weighted by Crippen LogP contribution is -2.31. The summed E-state index contributed by atoms with van der Waals surface area (Å²) in [6.45, 7) is 0.782. The number of aromatic nitrogens is 2. The average Bonchev–Trinajstić information content (AvgIpc) is 3.41. The number of nitrogens with zero attached hydrogens (tertiary/aromatic N) is 4. The molecule has 9 nitrogen and oxygen atoms in total. The standard InChI is InChI=1S/C23H19BrN4O5/c24-17-7-5-15(6-8-17)21(29)19-20(16-3-1-4-18(13-16)28(32)33)27(23(31)22(19)30)11-2-10-26-12-9-25-14-26/h1,3-9,12-14,20,29H,2,10-11H2/b21-19+.